The highest BCUT2D eigenvalue weighted by molar-refractivity contribution is 9.10. The van der Waals surface area contributed by atoms with Crippen LogP contribution >= 0.6 is 15.9 Å². The molecule has 0 heterocycles. The summed E-state index contributed by atoms with van der Waals surface area (Å²) in [5, 5.41) is 2.44. The van der Waals surface area contributed by atoms with Crippen molar-refractivity contribution in [2.75, 3.05) is 13.2 Å². The van der Waals surface area contributed by atoms with E-state index in [-0.39, 0.29) is 19.1 Å². The number of carbonyl (C=O) groups is 2. The van der Waals surface area contributed by atoms with E-state index in [9.17, 15) is 9.59 Å². The lowest BCUT2D eigenvalue weighted by molar-refractivity contribution is -0.154. The number of nitrogens with one attached hydrogen (secondary N) is 1. The summed E-state index contributed by atoms with van der Waals surface area (Å²) in [7, 11) is 0. The molecule has 0 aliphatic rings. The maximum absolute atomic E-state index is 11.5. The minimum Gasteiger partial charge on any atom is -0.484 e. The van der Waals surface area contributed by atoms with Crippen molar-refractivity contribution < 1.29 is 19.1 Å². The molecule has 0 fully saturated rings. The van der Waals surface area contributed by atoms with Crippen LogP contribution in [0.1, 0.15) is 20.8 Å². The summed E-state index contributed by atoms with van der Waals surface area (Å²) >= 11 is 3.30. The fraction of sp³-hybridized carbons (Fsp3) is 0.429. The molecule has 1 amide bonds. The third-order valence-corrected chi connectivity index (χ3v) is 2.56. The highest BCUT2D eigenvalue weighted by Crippen LogP contribution is 2.15. The zero-order chi connectivity index (χ0) is 15.2. The van der Waals surface area contributed by atoms with Gasteiger partial charge in [-0.05, 0) is 45.0 Å². The maximum Gasteiger partial charge on any atom is 0.325 e. The van der Waals surface area contributed by atoms with Crippen LogP contribution in [0.5, 0.6) is 5.75 Å². The topological polar surface area (TPSA) is 64.6 Å². The molecule has 1 rings (SSSR count). The molecule has 0 saturated carbocycles. The van der Waals surface area contributed by atoms with Crippen LogP contribution in [0.4, 0.5) is 0 Å². The molecule has 6 heteroatoms. The van der Waals surface area contributed by atoms with Crippen molar-refractivity contribution in [3.05, 3.63) is 28.7 Å². The van der Waals surface area contributed by atoms with Crippen LogP contribution < -0.4 is 10.1 Å². The lowest BCUT2D eigenvalue weighted by Gasteiger charge is -2.19. The van der Waals surface area contributed by atoms with Crippen molar-refractivity contribution in [1.82, 2.24) is 5.32 Å². The van der Waals surface area contributed by atoms with Gasteiger partial charge in [-0.2, -0.15) is 0 Å². The van der Waals surface area contributed by atoms with Gasteiger partial charge in [0.25, 0.3) is 5.91 Å². The monoisotopic (exact) mass is 343 g/mol. The number of ether oxygens (including phenoxy) is 2. The van der Waals surface area contributed by atoms with Gasteiger partial charge >= 0.3 is 5.97 Å². The normalized spacial score (nSPS) is 10.8. The van der Waals surface area contributed by atoms with Crippen molar-refractivity contribution >= 4 is 27.8 Å². The third kappa shape index (κ3) is 7.13. The second kappa shape index (κ2) is 7.28. The minimum atomic E-state index is -0.560. The quantitative estimate of drug-likeness (QED) is 0.833. The van der Waals surface area contributed by atoms with Gasteiger partial charge in [0.15, 0.2) is 6.61 Å². The van der Waals surface area contributed by atoms with E-state index >= 15 is 0 Å². The highest BCUT2D eigenvalue weighted by Gasteiger charge is 2.16. The smallest absolute Gasteiger partial charge is 0.325 e. The summed E-state index contributed by atoms with van der Waals surface area (Å²) in [4.78, 5) is 22.9. The van der Waals surface area contributed by atoms with Gasteiger partial charge < -0.3 is 14.8 Å². The van der Waals surface area contributed by atoms with E-state index in [1.54, 1.807) is 32.9 Å². The summed E-state index contributed by atoms with van der Waals surface area (Å²) in [5.41, 5.74) is -0.560. The Morgan fingerprint density at radius 2 is 1.80 bits per heavy atom. The fourth-order valence-corrected chi connectivity index (χ4v) is 1.54. The van der Waals surface area contributed by atoms with Crippen molar-refractivity contribution in [2.24, 2.45) is 0 Å². The molecule has 0 bridgehead atoms. The van der Waals surface area contributed by atoms with Crippen molar-refractivity contribution in [1.29, 1.82) is 0 Å². The summed E-state index contributed by atoms with van der Waals surface area (Å²) in [6.07, 6.45) is 0. The Morgan fingerprint density at radius 1 is 1.20 bits per heavy atom. The van der Waals surface area contributed by atoms with Gasteiger partial charge in [-0.25, -0.2) is 0 Å². The van der Waals surface area contributed by atoms with Gasteiger partial charge in [-0.15, -0.1) is 0 Å². The Balaban J connectivity index is 2.27. The van der Waals surface area contributed by atoms with E-state index in [2.05, 4.69) is 21.2 Å². The molecule has 0 aliphatic carbocycles. The first-order valence-electron chi connectivity index (χ1n) is 6.13. The third-order valence-electron chi connectivity index (χ3n) is 2.03. The van der Waals surface area contributed by atoms with Gasteiger partial charge in [0.2, 0.25) is 0 Å². The Bertz CT molecular complexity index is 465. The fourth-order valence-electron chi connectivity index (χ4n) is 1.28. The van der Waals surface area contributed by atoms with Gasteiger partial charge in [-0.3, -0.25) is 9.59 Å². The predicted octanol–water partition coefficient (Wildman–Crippen LogP) is 2.29. The average Bonchev–Trinajstić information content (AvgIpc) is 2.33. The Hall–Kier alpha value is -1.56. The molecule has 0 spiro atoms. The Labute approximate surface area is 126 Å². The molecule has 20 heavy (non-hydrogen) atoms. The van der Waals surface area contributed by atoms with Crippen molar-refractivity contribution in [2.45, 2.75) is 26.4 Å². The molecule has 1 aromatic carbocycles. The van der Waals surface area contributed by atoms with Crippen LogP contribution in [-0.4, -0.2) is 30.6 Å². The second-order valence-corrected chi connectivity index (χ2v) is 6.02. The predicted molar refractivity (Wildman–Crippen MR) is 78.5 cm³/mol. The Kier molecular flexibility index (Phi) is 6.01. The van der Waals surface area contributed by atoms with Crippen LogP contribution in [0.3, 0.4) is 0 Å². The second-order valence-electron chi connectivity index (χ2n) is 5.11. The molecule has 0 radical (unpaired) electrons. The molecule has 1 N–H and O–H groups in total. The van der Waals surface area contributed by atoms with E-state index in [1.807, 2.05) is 12.1 Å². The highest BCUT2D eigenvalue weighted by atomic mass is 79.9. The zero-order valence-electron chi connectivity index (χ0n) is 11.7. The first-order valence-corrected chi connectivity index (χ1v) is 6.92. The number of hydrogen-bond donors (Lipinski definition) is 1. The van der Waals surface area contributed by atoms with Crippen LogP contribution in [0.25, 0.3) is 0 Å². The van der Waals surface area contributed by atoms with E-state index in [1.165, 1.54) is 0 Å². The van der Waals surface area contributed by atoms with Crippen LogP contribution in [-0.2, 0) is 14.3 Å². The SMILES string of the molecule is CC(C)(C)OC(=O)CNC(=O)COc1ccc(Br)cc1. The standard InChI is InChI=1S/C14H18BrNO4/c1-14(2,3)20-13(18)8-16-12(17)9-19-11-6-4-10(15)5-7-11/h4-7H,8-9H2,1-3H3,(H,16,17). The molecule has 1 aromatic rings. The minimum absolute atomic E-state index is 0.148. The molecule has 0 aromatic heterocycles. The van der Waals surface area contributed by atoms with Gasteiger partial charge in [0, 0.05) is 4.47 Å². The summed E-state index contributed by atoms with van der Waals surface area (Å²) in [6, 6.07) is 7.11. The molecule has 0 aliphatic heterocycles. The van der Waals surface area contributed by atoms with Crippen LogP contribution in [0.2, 0.25) is 0 Å². The van der Waals surface area contributed by atoms with Gasteiger partial charge in [-0.1, -0.05) is 15.9 Å². The van der Waals surface area contributed by atoms with E-state index in [4.69, 9.17) is 9.47 Å². The van der Waals surface area contributed by atoms with Crippen LogP contribution in [0.15, 0.2) is 28.7 Å². The van der Waals surface area contributed by atoms with E-state index in [0.717, 1.165) is 4.47 Å². The molecule has 0 saturated heterocycles. The van der Waals surface area contributed by atoms with E-state index < -0.39 is 11.6 Å². The lowest BCUT2D eigenvalue weighted by atomic mass is 10.2. The summed E-state index contributed by atoms with van der Waals surface area (Å²) in [5.74, 6) is -0.270. The number of hydrogen-bond acceptors (Lipinski definition) is 4. The number of rotatable bonds is 5. The zero-order valence-corrected chi connectivity index (χ0v) is 13.3. The number of halogens is 1. The number of carbonyl (C=O) groups excluding carboxylic acids is 2. The molecule has 110 valence electrons. The summed E-state index contributed by atoms with van der Waals surface area (Å²) < 4.78 is 11.3. The lowest BCUT2D eigenvalue weighted by Crippen LogP contribution is -2.36. The van der Waals surface area contributed by atoms with E-state index in [0.29, 0.717) is 5.75 Å². The number of amides is 1. The largest absolute Gasteiger partial charge is 0.484 e. The molecule has 0 atom stereocenters. The average molecular weight is 344 g/mol. The molecule has 5 nitrogen and oxygen atoms in total. The van der Waals surface area contributed by atoms with Crippen molar-refractivity contribution in [3.8, 4) is 5.75 Å². The molecular formula is C14H18BrNO4. The van der Waals surface area contributed by atoms with Gasteiger partial charge in [0.05, 0.1) is 0 Å². The summed E-state index contributed by atoms with van der Waals surface area (Å²) in [6.45, 7) is 4.99. The Morgan fingerprint density at radius 3 is 2.35 bits per heavy atom. The first kappa shape index (κ1) is 16.5. The molecular weight excluding hydrogens is 326 g/mol. The maximum atomic E-state index is 11.5. The van der Waals surface area contributed by atoms with Crippen LogP contribution in [0, 0.1) is 0 Å². The number of esters is 1. The van der Waals surface area contributed by atoms with Crippen molar-refractivity contribution in [3.63, 3.8) is 0 Å². The number of benzene rings is 1. The first-order chi connectivity index (χ1) is 9.26. The molecule has 0 unspecified atom stereocenters. The van der Waals surface area contributed by atoms with Gasteiger partial charge in [0.1, 0.15) is 17.9 Å².